The second kappa shape index (κ2) is 6.48. The van der Waals surface area contributed by atoms with Crippen molar-refractivity contribution >= 4 is 11.8 Å². The predicted molar refractivity (Wildman–Crippen MR) is 61.8 cm³/mol. The molecule has 92 valence electrons. The second-order valence-electron chi connectivity index (χ2n) is 4.31. The maximum absolute atomic E-state index is 11.7. The summed E-state index contributed by atoms with van der Waals surface area (Å²) in [5.41, 5.74) is 0. The monoisotopic (exact) mass is 227 g/mol. The summed E-state index contributed by atoms with van der Waals surface area (Å²) in [6.07, 6.45) is 0.906. The van der Waals surface area contributed by atoms with Crippen molar-refractivity contribution in [2.24, 2.45) is 11.8 Å². The fourth-order valence-corrected chi connectivity index (χ4v) is 1.79. The third kappa shape index (κ3) is 3.81. The lowest BCUT2D eigenvalue weighted by molar-refractivity contribution is -0.128. The molecule has 1 heterocycles. The van der Waals surface area contributed by atoms with E-state index in [0.717, 1.165) is 13.0 Å². The van der Waals surface area contributed by atoms with Gasteiger partial charge in [0.15, 0.2) is 0 Å². The lowest BCUT2D eigenvalue weighted by atomic mass is 9.97. The van der Waals surface area contributed by atoms with Crippen LogP contribution in [0.2, 0.25) is 0 Å². The zero-order chi connectivity index (χ0) is 12.0. The number of carbonyl (C=O) groups is 2. The second-order valence-corrected chi connectivity index (χ2v) is 4.31. The topological polar surface area (TPSA) is 70.2 Å². The van der Waals surface area contributed by atoms with Crippen molar-refractivity contribution in [3.05, 3.63) is 0 Å². The Balaban J connectivity index is 2.21. The van der Waals surface area contributed by atoms with E-state index in [1.165, 1.54) is 0 Å². The first-order valence-corrected chi connectivity index (χ1v) is 5.90. The van der Waals surface area contributed by atoms with Crippen molar-refractivity contribution in [1.29, 1.82) is 0 Å². The van der Waals surface area contributed by atoms with Gasteiger partial charge in [0, 0.05) is 13.1 Å². The summed E-state index contributed by atoms with van der Waals surface area (Å²) in [6.45, 7) is 6.37. The van der Waals surface area contributed by atoms with Gasteiger partial charge in [-0.1, -0.05) is 13.8 Å². The number of nitrogens with one attached hydrogen (secondary N) is 3. The fourth-order valence-electron chi connectivity index (χ4n) is 1.79. The molecule has 0 saturated carbocycles. The molecule has 0 aliphatic carbocycles. The van der Waals surface area contributed by atoms with Gasteiger partial charge in [0.1, 0.15) is 0 Å². The Bertz CT molecular complexity index is 256. The van der Waals surface area contributed by atoms with Gasteiger partial charge in [-0.2, -0.15) is 0 Å². The van der Waals surface area contributed by atoms with Crippen LogP contribution < -0.4 is 16.0 Å². The molecule has 1 saturated heterocycles. The minimum atomic E-state index is -0.117. The number of hydrogen-bond acceptors (Lipinski definition) is 3. The SMILES string of the molecule is CCCNC(=O)CNC(=O)[C@@H]1CNC[C@H]1C. The largest absolute Gasteiger partial charge is 0.355 e. The summed E-state index contributed by atoms with van der Waals surface area (Å²) < 4.78 is 0. The first-order chi connectivity index (χ1) is 7.65. The Morgan fingerprint density at radius 3 is 2.62 bits per heavy atom. The average Bonchev–Trinajstić information content (AvgIpc) is 2.69. The van der Waals surface area contributed by atoms with Crippen LogP contribution in [0.4, 0.5) is 0 Å². The van der Waals surface area contributed by atoms with Crippen molar-refractivity contribution in [2.45, 2.75) is 20.3 Å². The van der Waals surface area contributed by atoms with Crippen LogP contribution >= 0.6 is 0 Å². The molecule has 0 aromatic carbocycles. The molecule has 5 heteroatoms. The van der Waals surface area contributed by atoms with Crippen LogP contribution in [0.5, 0.6) is 0 Å². The van der Waals surface area contributed by atoms with E-state index in [2.05, 4.69) is 16.0 Å². The van der Waals surface area contributed by atoms with E-state index in [1.54, 1.807) is 0 Å². The highest BCUT2D eigenvalue weighted by Gasteiger charge is 2.29. The van der Waals surface area contributed by atoms with Crippen molar-refractivity contribution in [3.63, 3.8) is 0 Å². The third-order valence-electron chi connectivity index (χ3n) is 2.85. The van der Waals surface area contributed by atoms with E-state index in [-0.39, 0.29) is 24.3 Å². The summed E-state index contributed by atoms with van der Waals surface area (Å²) in [5.74, 6) is 0.204. The molecule has 3 N–H and O–H groups in total. The molecule has 1 rings (SSSR count). The molecule has 0 aromatic heterocycles. The summed E-state index contributed by atoms with van der Waals surface area (Å²) in [6, 6.07) is 0. The van der Waals surface area contributed by atoms with Crippen LogP contribution in [0.15, 0.2) is 0 Å². The van der Waals surface area contributed by atoms with Crippen molar-refractivity contribution in [2.75, 3.05) is 26.2 Å². The van der Waals surface area contributed by atoms with E-state index >= 15 is 0 Å². The van der Waals surface area contributed by atoms with Gasteiger partial charge >= 0.3 is 0 Å². The van der Waals surface area contributed by atoms with Crippen LogP contribution in [-0.4, -0.2) is 38.0 Å². The molecular formula is C11H21N3O2. The summed E-state index contributed by atoms with van der Waals surface area (Å²) in [4.78, 5) is 23.0. The Morgan fingerprint density at radius 2 is 2.06 bits per heavy atom. The van der Waals surface area contributed by atoms with Crippen LogP contribution in [-0.2, 0) is 9.59 Å². The lowest BCUT2D eigenvalue weighted by Crippen LogP contribution is -2.41. The Morgan fingerprint density at radius 1 is 1.31 bits per heavy atom. The number of amides is 2. The van der Waals surface area contributed by atoms with E-state index in [1.807, 2.05) is 13.8 Å². The first-order valence-electron chi connectivity index (χ1n) is 5.90. The molecule has 5 nitrogen and oxygen atoms in total. The highest BCUT2D eigenvalue weighted by Crippen LogP contribution is 2.15. The van der Waals surface area contributed by atoms with Crippen LogP contribution in [0, 0.1) is 11.8 Å². The number of carbonyl (C=O) groups excluding carboxylic acids is 2. The number of rotatable bonds is 5. The molecule has 2 atom stereocenters. The van der Waals surface area contributed by atoms with E-state index in [9.17, 15) is 9.59 Å². The first kappa shape index (κ1) is 13.0. The molecule has 1 aliphatic rings. The summed E-state index contributed by atoms with van der Waals surface area (Å²) in [7, 11) is 0. The van der Waals surface area contributed by atoms with E-state index in [0.29, 0.717) is 19.0 Å². The van der Waals surface area contributed by atoms with Gasteiger partial charge < -0.3 is 16.0 Å². The molecule has 0 spiro atoms. The molecule has 2 amide bonds. The van der Waals surface area contributed by atoms with Gasteiger partial charge in [-0.3, -0.25) is 9.59 Å². The maximum atomic E-state index is 11.7. The van der Waals surface area contributed by atoms with Gasteiger partial charge in [-0.25, -0.2) is 0 Å². The molecule has 1 aliphatic heterocycles. The van der Waals surface area contributed by atoms with Crippen molar-refractivity contribution in [3.8, 4) is 0 Å². The average molecular weight is 227 g/mol. The summed E-state index contributed by atoms with van der Waals surface area (Å²) >= 11 is 0. The fraction of sp³-hybridized carbons (Fsp3) is 0.818. The van der Waals surface area contributed by atoms with Crippen LogP contribution in [0.1, 0.15) is 20.3 Å². The quantitative estimate of drug-likeness (QED) is 0.592. The molecule has 16 heavy (non-hydrogen) atoms. The zero-order valence-corrected chi connectivity index (χ0v) is 10.0. The third-order valence-corrected chi connectivity index (χ3v) is 2.85. The summed E-state index contributed by atoms with van der Waals surface area (Å²) in [5, 5.41) is 8.56. The minimum absolute atomic E-state index is 0.000949. The lowest BCUT2D eigenvalue weighted by Gasteiger charge is -2.13. The maximum Gasteiger partial charge on any atom is 0.239 e. The van der Waals surface area contributed by atoms with Crippen molar-refractivity contribution in [1.82, 2.24) is 16.0 Å². The Hall–Kier alpha value is -1.10. The van der Waals surface area contributed by atoms with Crippen LogP contribution in [0.3, 0.4) is 0 Å². The van der Waals surface area contributed by atoms with Gasteiger partial charge in [0.05, 0.1) is 12.5 Å². The molecule has 0 bridgehead atoms. The highest BCUT2D eigenvalue weighted by atomic mass is 16.2. The van der Waals surface area contributed by atoms with Crippen LogP contribution in [0.25, 0.3) is 0 Å². The molecule has 1 fully saturated rings. The van der Waals surface area contributed by atoms with Gasteiger partial charge in [-0.05, 0) is 18.9 Å². The zero-order valence-electron chi connectivity index (χ0n) is 10.0. The molecule has 0 unspecified atom stereocenters. The van der Waals surface area contributed by atoms with E-state index < -0.39 is 0 Å². The predicted octanol–water partition coefficient (Wildman–Crippen LogP) is -0.516. The highest BCUT2D eigenvalue weighted by molar-refractivity contribution is 5.86. The standard InChI is InChI=1S/C11H21N3O2/c1-3-4-13-10(15)7-14-11(16)9-6-12-5-8(9)2/h8-9,12H,3-7H2,1-2H3,(H,13,15)(H,14,16)/t8-,9-/m1/s1. The smallest absolute Gasteiger partial charge is 0.239 e. The van der Waals surface area contributed by atoms with Gasteiger partial charge in [0.25, 0.3) is 0 Å². The Kier molecular flexibility index (Phi) is 5.25. The normalized spacial score (nSPS) is 24.1. The minimum Gasteiger partial charge on any atom is -0.355 e. The van der Waals surface area contributed by atoms with E-state index in [4.69, 9.17) is 0 Å². The van der Waals surface area contributed by atoms with Gasteiger partial charge in [-0.15, -0.1) is 0 Å². The van der Waals surface area contributed by atoms with Crippen molar-refractivity contribution < 1.29 is 9.59 Å². The molecule has 0 radical (unpaired) electrons. The molecule has 0 aromatic rings. The number of hydrogen-bond donors (Lipinski definition) is 3. The Labute approximate surface area is 96.4 Å². The molecular weight excluding hydrogens is 206 g/mol. The van der Waals surface area contributed by atoms with Gasteiger partial charge in [0.2, 0.25) is 11.8 Å².